The highest BCUT2D eigenvalue weighted by Gasteiger charge is 2.55. The number of hydrogen-bond donors (Lipinski definition) is 0. The summed E-state index contributed by atoms with van der Waals surface area (Å²) in [4.78, 5) is 15.0. The molecule has 3 aliphatic heterocycles. The number of likely N-dealkylation sites (N-methyl/N-ethyl adjacent to an activating group) is 1. The van der Waals surface area contributed by atoms with E-state index in [4.69, 9.17) is 14.2 Å². The summed E-state index contributed by atoms with van der Waals surface area (Å²) in [6, 6.07) is 10.1. The lowest BCUT2D eigenvalue weighted by Crippen LogP contribution is -2.42. The molecule has 2 aromatic carbocycles. The molecule has 1 atom stereocenters. The smallest absolute Gasteiger partial charge is 0.243 e. The summed E-state index contributed by atoms with van der Waals surface area (Å²) in [6.45, 7) is 1.16. The molecule has 30 heavy (non-hydrogen) atoms. The highest BCUT2D eigenvalue weighted by Crippen LogP contribution is 2.49. The molecule has 0 aliphatic carbocycles. The molecular formula is C21H22N2O6S. The number of anilines is 1. The van der Waals surface area contributed by atoms with Gasteiger partial charge in [-0.1, -0.05) is 0 Å². The number of nitrogens with zero attached hydrogens (tertiary/aromatic N) is 2. The number of benzene rings is 2. The van der Waals surface area contributed by atoms with Gasteiger partial charge < -0.3 is 19.1 Å². The van der Waals surface area contributed by atoms with Gasteiger partial charge in [0, 0.05) is 31.9 Å². The summed E-state index contributed by atoms with van der Waals surface area (Å²) in [7, 11) is -0.505. The first kappa shape index (κ1) is 19.2. The standard InChI is InChI=1S/C21H22N2O6S/c1-22-17-5-3-14(27-2)11-16(17)21(20(22)24)7-8-23(13-21)30(25,26)15-4-6-18-19(12-15)29-10-9-28-18/h3-6,11-12H,7-10,13H2,1-2H3/t21-/m0/s1. The molecule has 0 N–H and O–H groups in total. The zero-order valence-corrected chi connectivity index (χ0v) is 17.6. The Hall–Kier alpha value is -2.78. The van der Waals surface area contributed by atoms with Gasteiger partial charge in [0.15, 0.2) is 11.5 Å². The fourth-order valence-corrected chi connectivity index (χ4v) is 6.09. The van der Waals surface area contributed by atoms with Crippen LogP contribution >= 0.6 is 0 Å². The third kappa shape index (κ3) is 2.61. The van der Waals surface area contributed by atoms with Crippen molar-refractivity contribution in [1.29, 1.82) is 0 Å². The van der Waals surface area contributed by atoms with E-state index in [1.54, 1.807) is 31.2 Å². The van der Waals surface area contributed by atoms with Crippen molar-refractivity contribution in [3.05, 3.63) is 42.0 Å². The monoisotopic (exact) mass is 430 g/mol. The topological polar surface area (TPSA) is 85.4 Å². The van der Waals surface area contributed by atoms with Crippen LogP contribution in [0.15, 0.2) is 41.3 Å². The molecule has 1 fully saturated rings. The maximum Gasteiger partial charge on any atom is 0.243 e. The van der Waals surface area contributed by atoms with Gasteiger partial charge in [-0.05, 0) is 42.3 Å². The number of ether oxygens (including phenoxy) is 3. The summed E-state index contributed by atoms with van der Waals surface area (Å²) in [5.74, 6) is 1.50. The van der Waals surface area contributed by atoms with Crippen LogP contribution in [0.25, 0.3) is 0 Å². The molecule has 5 rings (SSSR count). The van der Waals surface area contributed by atoms with E-state index in [-0.39, 0.29) is 23.9 Å². The van der Waals surface area contributed by atoms with Crippen LogP contribution in [0.5, 0.6) is 17.2 Å². The second kappa shape index (κ2) is 6.61. The zero-order chi connectivity index (χ0) is 21.1. The van der Waals surface area contributed by atoms with E-state index < -0.39 is 15.4 Å². The van der Waals surface area contributed by atoms with Crippen LogP contribution in [0, 0.1) is 0 Å². The van der Waals surface area contributed by atoms with Gasteiger partial charge in [-0.2, -0.15) is 4.31 Å². The second-order valence-corrected chi connectivity index (χ2v) is 9.66. The van der Waals surface area contributed by atoms with E-state index in [0.29, 0.717) is 36.9 Å². The highest BCUT2D eigenvalue weighted by molar-refractivity contribution is 7.89. The van der Waals surface area contributed by atoms with Crippen LogP contribution in [0.2, 0.25) is 0 Å². The van der Waals surface area contributed by atoms with Gasteiger partial charge in [0.1, 0.15) is 19.0 Å². The Morgan fingerprint density at radius 3 is 2.60 bits per heavy atom. The third-order valence-corrected chi connectivity index (χ3v) is 8.02. The average Bonchev–Trinajstić information content (AvgIpc) is 3.31. The van der Waals surface area contributed by atoms with Crippen molar-refractivity contribution < 1.29 is 27.4 Å². The number of methoxy groups -OCH3 is 1. The van der Waals surface area contributed by atoms with Crippen molar-refractivity contribution in [1.82, 2.24) is 4.31 Å². The van der Waals surface area contributed by atoms with Gasteiger partial charge in [-0.15, -0.1) is 0 Å². The van der Waals surface area contributed by atoms with E-state index >= 15 is 0 Å². The quantitative estimate of drug-likeness (QED) is 0.738. The van der Waals surface area contributed by atoms with Crippen molar-refractivity contribution in [3.8, 4) is 17.2 Å². The molecule has 158 valence electrons. The predicted octanol–water partition coefficient (Wildman–Crippen LogP) is 1.78. The molecule has 9 heteroatoms. The van der Waals surface area contributed by atoms with Crippen molar-refractivity contribution in [3.63, 3.8) is 0 Å². The molecule has 1 saturated heterocycles. The van der Waals surface area contributed by atoms with E-state index in [1.807, 2.05) is 12.1 Å². The fraction of sp³-hybridized carbons (Fsp3) is 0.381. The first-order valence-corrected chi connectivity index (χ1v) is 11.2. The molecule has 8 nitrogen and oxygen atoms in total. The molecule has 0 unspecified atom stereocenters. The number of sulfonamides is 1. The second-order valence-electron chi connectivity index (χ2n) is 7.72. The largest absolute Gasteiger partial charge is 0.497 e. The third-order valence-electron chi connectivity index (χ3n) is 6.18. The number of rotatable bonds is 3. The number of fused-ring (bicyclic) bond motifs is 3. The number of amides is 1. The lowest BCUT2D eigenvalue weighted by Gasteiger charge is -2.24. The Morgan fingerprint density at radius 1 is 1.07 bits per heavy atom. The van der Waals surface area contributed by atoms with Crippen LogP contribution in [0.3, 0.4) is 0 Å². The highest BCUT2D eigenvalue weighted by atomic mass is 32.2. The molecule has 0 radical (unpaired) electrons. The van der Waals surface area contributed by atoms with E-state index in [9.17, 15) is 13.2 Å². The molecule has 1 amide bonds. The predicted molar refractivity (Wildman–Crippen MR) is 109 cm³/mol. The van der Waals surface area contributed by atoms with Crippen LogP contribution in [0.1, 0.15) is 12.0 Å². The first-order chi connectivity index (χ1) is 14.4. The molecule has 3 aliphatic rings. The van der Waals surface area contributed by atoms with Crippen molar-refractivity contribution >= 4 is 21.6 Å². The van der Waals surface area contributed by atoms with Gasteiger partial charge in [-0.25, -0.2) is 8.42 Å². The minimum Gasteiger partial charge on any atom is -0.497 e. The summed E-state index contributed by atoms with van der Waals surface area (Å²) >= 11 is 0. The summed E-state index contributed by atoms with van der Waals surface area (Å²) in [5.41, 5.74) is 0.702. The first-order valence-electron chi connectivity index (χ1n) is 9.73. The van der Waals surface area contributed by atoms with Gasteiger partial charge >= 0.3 is 0 Å². The van der Waals surface area contributed by atoms with Gasteiger partial charge in [0.2, 0.25) is 15.9 Å². The maximum atomic E-state index is 13.4. The Kier molecular flexibility index (Phi) is 4.23. The van der Waals surface area contributed by atoms with E-state index in [1.165, 1.54) is 16.4 Å². The lowest BCUT2D eigenvalue weighted by molar-refractivity contribution is -0.122. The van der Waals surface area contributed by atoms with Gasteiger partial charge in [0.25, 0.3) is 0 Å². The molecule has 0 saturated carbocycles. The number of carbonyl (C=O) groups excluding carboxylic acids is 1. The normalized spacial score (nSPS) is 23.1. The maximum absolute atomic E-state index is 13.4. The molecule has 3 heterocycles. The minimum absolute atomic E-state index is 0.0904. The summed E-state index contributed by atoms with van der Waals surface area (Å²) in [6.07, 6.45) is 0.417. The minimum atomic E-state index is -3.80. The summed E-state index contributed by atoms with van der Waals surface area (Å²) in [5, 5.41) is 0. The molecule has 0 aromatic heterocycles. The molecule has 0 bridgehead atoms. The SMILES string of the molecule is COc1ccc2c(c1)[C@@]1(CCN(S(=O)(=O)c3ccc4c(c3)OCCO4)C1)C(=O)N2C. The summed E-state index contributed by atoms with van der Waals surface area (Å²) < 4.78 is 44.5. The van der Waals surface area contributed by atoms with Gasteiger partial charge in [0.05, 0.1) is 17.4 Å². The Labute approximate surface area is 175 Å². The van der Waals surface area contributed by atoms with Gasteiger partial charge in [-0.3, -0.25) is 4.79 Å². The Morgan fingerprint density at radius 2 is 1.83 bits per heavy atom. The number of hydrogen-bond acceptors (Lipinski definition) is 6. The number of carbonyl (C=O) groups is 1. The van der Waals surface area contributed by atoms with E-state index in [0.717, 1.165) is 11.3 Å². The Balaban J connectivity index is 1.51. The zero-order valence-electron chi connectivity index (χ0n) is 16.8. The fourth-order valence-electron chi connectivity index (χ4n) is 4.57. The Bertz CT molecular complexity index is 1150. The average molecular weight is 430 g/mol. The lowest BCUT2D eigenvalue weighted by atomic mass is 9.81. The molecular weight excluding hydrogens is 408 g/mol. The van der Waals surface area contributed by atoms with Crippen molar-refractivity contribution in [2.75, 3.05) is 45.4 Å². The molecule has 1 spiro atoms. The van der Waals surface area contributed by atoms with E-state index in [2.05, 4.69) is 0 Å². The van der Waals surface area contributed by atoms with Crippen LogP contribution in [-0.4, -0.2) is 59.1 Å². The van der Waals surface area contributed by atoms with Crippen LogP contribution < -0.4 is 19.1 Å². The van der Waals surface area contributed by atoms with Crippen LogP contribution in [-0.2, 0) is 20.2 Å². The van der Waals surface area contributed by atoms with Crippen molar-refractivity contribution in [2.24, 2.45) is 0 Å². The van der Waals surface area contributed by atoms with Crippen LogP contribution in [0.4, 0.5) is 5.69 Å². The van der Waals surface area contributed by atoms with Crippen molar-refractivity contribution in [2.45, 2.75) is 16.7 Å². The molecule has 2 aromatic rings.